The van der Waals surface area contributed by atoms with E-state index in [2.05, 4.69) is 5.32 Å². The van der Waals surface area contributed by atoms with Gasteiger partial charge in [0.25, 0.3) is 0 Å². The van der Waals surface area contributed by atoms with Crippen LogP contribution in [0.4, 0.5) is 0 Å². The van der Waals surface area contributed by atoms with Crippen molar-refractivity contribution in [3.05, 3.63) is 29.3 Å². The van der Waals surface area contributed by atoms with Gasteiger partial charge in [-0.3, -0.25) is 0 Å². The summed E-state index contributed by atoms with van der Waals surface area (Å²) in [7, 11) is -3.15. The molecule has 1 aromatic rings. The van der Waals surface area contributed by atoms with Crippen LogP contribution in [0.3, 0.4) is 0 Å². The van der Waals surface area contributed by atoms with Gasteiger partial charge < -0.3 is 5.32 Å². The second-order valence-electron chi connectivity index (χ2n) is 4.43. The maximum atomic E-state index is 12.3. The van der Waals surface area contributed by atoms with Gasteiger partial charge in [-0.2, -0.15) is 0 Å². The van der Waals surface area contributed by atoms with Crippen molar-refractivity contribution < 1.29 is 8.42 Å². The largest absolute Gasteiger partial charge is 0.315 e. The molecule has 0 radical (unpaired) electrons. The highest BCUT2D eigenvalue weighted by Crippen LogP contribution is 2.24. The molecule has 1 heterocycles. The third kappa shape index (κ3) is 1.99. The number of hydrogen-bond donors (Lipinski definition) is 1. The molecule has 0 amide bonds. The van der Waals surface area contributed by atoms with Crippen molar-refractivity contribution >= 4 is 9.84 Å². The fraction of sp³-hybridized carbons (Fsp3) is 0.500. The molecule has 1 N–H and O–H groups in total. The maximum Gasteiger partial charge on any atom is 0.182 e. The fourth-order valence-electron chi connectivity index (χ4n) is 2.19. The number of sulfone groups is 1. The molecule has 0 spiro atoms. The minimum atomic E-state index is -3.15. The average Bonchev–Trinajstić information content (AvgIpc) is 2.69. The first-order valence-electron chi connectivity index (χ1n) is 5.53. The highest BCUT2D eigenvalue weighted by molar-refractivity contribution is 7.92. The molecule has 1 fully saturated rings. The molecular weight excluding hydrogens is 222 g/mol. The quantitative estimate of drug-likeness (QED) is 0.849. The van der Waals surface area contributed by atoms with Crippen LogP contribution in [0.25, 0.3) is 0 Å². The van der Waals surface area contributed by atoms with Gasteiger partial charge in [0.05, 0.1) is 10.1 Å². The van der Waals surface area contributed by atoms with E-state index in [1.807, 2.05) is 26.0 Å². The molecule has 1 aliphatic rings. The molecule has 1 atom stereocenters. The summed E-state index contributed by atoms with van der Waals surface area (Å²) in [5, 5.41) is 2.84. The first-order chi connectivity index (χ1) is 7.51. The van der Waals surface area contributed by atoms with E-state index in [1.165, 1.54) is 0 Å². The topological polar surface area (TPSA) is 46.2 Å². The summed E-state index contributed by atoms with van der Waals surface area (Å²) < 4.78 is 24.7. The van der Waals surface area contributed by atoms with Crippen LogP contribution < -0.4 is 5.32 Å². The van der Waals surface area contributed by atoms with Crippen molar-refractivity contribution in [3.8, 4) is 0 Å². The molecule has 0 saturated carbocycles. The van der Waals surface area contributed by atoms with Gasteiger partial charge in [-0.1, -0.05) is 17.7 Å². The summed E-state index contributed by atoms with van der Waals surface area (Å²) in [6.45, 7) is 5.22. The maximum absolute atomic E-state index is 12.3. The second-order valence-corrected chi connectivity index (χ2v) is 6.63. The van der Waals surface area contributed by atoms with E-state index in [0.29, 0.717) is 11.4 Å². The van der Waals surface area contributed by atoms with Crippen LogP contribution >= 0.6 is 0 Å². The van der Waals surface area contributed by atoms with Gasteiger partial charge in [-0.25, -0.2) is 8.42 Å². The lowest BCUT2D eigenvalue weighted by molar-refractivity contribution is 0.582. The third-order valence-electron chi connectivity index (χ3n) is 3.09. The van der Waals surface area contributed by atoms with E-state index in [9.17, 15) is 8.42 Å². The Labute approximate surface area is 96.8 Å². The van der Waals surface area contributed by atoms with Crippen LogP contribution in [-0.2, 0) is 9.84 Å². The number of nitrogens with one attached hydrogen (secondary N) is 1. The Kier molecular flexibility index (Phi) is 3.04. The molecule has 2 rings (SSSR count). The first kappa shape index (κ1) is 11.6. The van der Waals surface area contributed by atoms with Crippen LogP contribution in [0.2, 0.25) is 0 Å². The lowest BCUT2D eigenvalue weighted by Gasteiger charge is -2.13. The first-order valence-corrected chi connectivity index (χ1v) is 7.08. The molecule has 1 saturated heterocycles. The number of benzene rings is 1. The van der Waals surface area contributed by atoms with Crippen LogP contribution in [0.15, 0.2) is 23.1 Å². The van der Waals surface area contributed by atoms with Crippen molar-refractivity contribution in [1.29, 1.82) is 0 Å². The van der Waals surface area contributed by atoms with Crippen molar-refractivity contribution in [2.24, 2.45) is 0 Å². The molecule has 1 unspecified atom stereocenters. The summed E-state index contributed by atoms with van der Waals surface area (Å²) in [5.74, 6) is 0. The van der Waals surface area contributed by atoms with Gasteiger partial charge in [0.15, 0.2) is 9.84 Å². The zero-order chi connectivity index (χ0) is 11.8. The Morgan fingerprint density at radius 2 is 2.06 bits per heavy atom. The fourth-order valence-corrected chi connectivity index (χ4v) is 4.08. The van der Waals surface area contributed by atoms with Crippen LogP contribution in [0, 0.1) is 13.8 Å². The van der Waals surface area contributed by atoms with E-state index in [-0.39, 0.29) is 5.25 Å². The van der Waals surface area contributed by atoms with Crippen molar-refractivity contribution in [1.82, 2.24) is 5.32 Å². The molecule has 1 aromatic carbocycles. The molecule has 4 heteroatoms. The molecule has 0 aromatic heterocycles. The predicted octanol–water partition coefficient (Wildman–Crippen LogP) is 1.44. The van der Waals surface area contributed by atoms with Crippen molar-refractivity contribution in [2.75, 3.05) is 13.1 Å². The van der Waals surface area contributed by atoms with E-state index in [4.69, 9.17) is 0 Å². The van der Waals surface area contributed by atoms with Gasteiger partial charge >= 0.3 is 0 Å². The van der Waals surface area contributed by atoms with Crippen molar-refractivity contribution in [3.63, 3.8) is 0 Å². The smallest absolute Gasteiger partial charge is 0.182 e. The van der Waals surface area contributed by atoms with Gasteiger partial charge in [-0.05, 0) is 38.4 Å². The normalized spacial score (nSPS) is 21.2. The Balaban J connectivity index is 2.42. The van der Waals surface area contributed by atoms with Gasteiger partial charge in [0.2, 0.25) is 0 Å². The van der Waals surface area contributed by atoms with E-state index < -0.39 is 9.84 Å². The van der Waals surface area contributed by atoms with Gasteiger partial charge in [0, 0.05) is 6.54 Å². The monoisotopic (exact) mass is 239 g/mol. The van der Waals surface area contributed by atoms with E-state index >= 15 is 0 Å². The molecule has 1 aliphatic heterocycles. The number of rotatable bonds is 2. The standard InChI is InChI=1S/C12H17NO2S/c1-9-3-4-12(10(2)7-9)16(14,15)11-5-6-13-8-11/h3-4,7,11,13H,5-6,8H2,1-2H3. The minimum Gasteiger partial charge on any atom is -0.315 e. The third-order valence-corrected chi connectivity index (χ3v) is 5.44. The SMILES string of the molecule is Cc1ccc(S(=O)(=O)C2CCNC2)c(C)c1. The minimum absolute atomic E-state index is 0.256. The highest BCUT2D eigenvalue weighted by atomic mass is 32.2. The summed E-state index contributed by atoms with van der Waals surface area (Å²) in [6, 6.07) is 5.52. The summed E-state index contributed by atoms with van der Waals surface area (Å²) in [5.41, 5.74) is 1.95. The molecule has 16 heavy (non-hydrogen) atoms. The summed E-state index contributed by atoms with van der Waals surface area (Å²) in [4.78, 5) is 0.492. The van der Waals surface area contributed by atoms with Crippen LogP contribution in [0.1, 0.15) is 17.5 Å². The Morgan fingerprint density at radius 1 is 1.31 bits per heavy atom. The van der Waals surface area contributed by atoms with E-state index in [1.54, 1.807) is 6.07 Å². The average molecular weight is 239 g/mol. The second kappa shape index (κ2) is 4.18. The molecule has 88 valence electrons. The Bertz CT molecular complexity index is 488. The molecule has 0 aliphatic carbocycles. The summed E-state index contributed by atoms with van der Waals surface area (Å²) >= 11 is 0. The number of hydrogen-bond acceptors (Lipinski definition) is 3. The molecular formula is C12H17NO2S. The Morgan fingerprint density at radius 3 is 2.62 bits per heavy atom. The lowest BCUT2D eigenvalue weighted by atomic mass is 10.2. The lowest BCUT2D eigenvalue weighted by Crippen LogP contribution is -2.24. The van der Waals surface area contributed by atoms with Crippen molar-refractivity contribution in [2.45, 2.75) is 30.4 Å². The predicted molar refractivity (Wildman–Crippen MR) is 64.4 cm³/mol. The van der Waals surface area contributed by atoms with Gasteiger partial charge in [-0.15, -0.1) is 0 Å². The summed E-state index contributed by atoms with van der Waals surface area (Å²) in [6.07, 6.45) is 0.718. The highest BCUT2D eigenvalue weighted by Gasteiger charge is 2.30. The molecule has 0 bridgehead atoms. The number of aryl methyl sites for hydroxylation is 2. The van der Waals surface area contributed by atoms with Crippen LogP contribution in [0.5, 0.6) is 0 Å². The zero-order valence-electron chi connectivity index (χ0n) is 9.66. The van der Waals surface area contributed by atoms with Gasteiger partial charge in [0.1, 0.15) is 0 Å². The molecule has 3 nitrogen and oxygen atoms in total. The Hall–Kier alpha value is -0.870. The van der Waals surface area contributed by atoms with Crippen LogP contribution in [-0.4, -0.2) is 26.8 Å². The zero-order valence-corrected chi connectivity index (χ0v) is 10.5. The van der Waals surface area contributed by atoms with E-state index in [0.717, 1.165) is 24.1 Å².